The molecule has 0 saturated carbocycles. The molecule has 0 aliphatic rings. The van der Waals surface area contributed by atoms with E-state index in [0.717, 1.165) is 23.4 Å². The van der Waals surface area contributed by atoms with E-state index in [1.807, 2.05) is 11.9 Å². The third kappa shape index (κ3) is 4.06. The smallest absolute Gasteiger partial charge is 0.225 e. The number of hydrogen-bond donors (Lipinski definition) is 1. The molecule has 0 bridgehead atoms. The fraction of sp³-hybridized carbons (Fsp3) is 0.636. The molecule has 1 unspecified atom stereocenters. The van der Waals surface area contributed by atoms with Gasteiger partial charge < -0.3 is 10.6 Å². The SMILES string of the molecule is CC(C)C(N)CCN(C)c1ncc(Br)cn1. The lowest BCUT2D eigenvalue weighted by atomic mass is 10.0. The lowest BCUT2D eigenvalue weighted by molar-refractivity contribution is 0.465. The number of rotatable bonds is 5. The van der Waals surface area contributed by atoms with Crippen LogP contribution in [-0.2, 0) is 0 Å². The lowest BCUT2D eigenvalue weighted by Gasteiger charge is -2.21. The van der Waals surface area contributed by atoms with Crippen LogP contribution in [0.1, 0.15) is 20.3 Å². The fourth-order valence-corrected chi connectivity index (χ4v) is 1.48. The summed E-state index contributed by atoms with van der Waals surface area (Å²) in [6.45, 7) is 5.16. The molecule has 2 N–H and O–H groups in total. The van der Waals surface area contributed by atoms with Crippen molar-refractivity contribution >= 4 is 21.9 Å². The van der Waals surface area contributed by atoms with Crippen molar-refractivity contribution in [1.29, 1.82) is 0 Å². The van der Waals surface area contributed by atoms with E-state index in [1.54, 1.807) is 12.4 Å². The molecule has 0 radical (unpaired) electrons. The molecule has 4 nitrogen and oxygen atoms in total. The Morgan fingerprint density at radius 1 is 1.38 bits per heavy atom. The van der Waals surface area contributed by atoms with Gasteiger partial charge >= 0.3 is 0 Å². The molecule has 1 heterocycles. The predicted molar refractivity (Wildman–Crippen MR) is 70.4 cm³/mol. The summed E-state index contributed by atoms with van der Waals surface area (Å²) in [5.41, 5.74) is 5.99. The molecule has 1 atom stereocenters. The topological polar surface area (TPSA) is 55.0 Å². The van der Waals surface area contributed by atoms with Crippen LogP contribution < -0.4 is 10.6 Å². The molecule has 0 saturated heterocycles. The molecule has 0 spiro atoms. The van der Waals surface area contributed by atoms with Crippen molar-refractivity contribution in [3.05, 3.63) is 16.9 Å². The molecule has 0 aromatic carbocycles. The summed E-state index contributed by atoms with van der Waals surface area (Å²) < 4.78 is 0.892. The van der Waals surface area contributed by atoms with Crippen molar-refractivity contribution in [2.24, 2.45) is 11.7 Å². The molecular formula is C11H19BrN4. The minimum atomic E-state index is 0.234. The Hall–Kier alpha value is -0.680. The summed E-state index contributed by atoms with van der Waals surface area (Å²) in [4.78, 5) is 10.5. The summed E-state index contributed by atoms with van der Waals surface area (Å²) in [5, 5.41) is 0. The van der Waals surface area contributed by atoms with Gasteiger partial charge in [-0.25, -0.2) is 9.97 Å². The van der Waals surface area contributed by atoms with Gasteiger partial charge in [0.05, 0.1) is 4.47 Å². The highest BCUT2D eigenvalue weighted by atomic mass is 79.9. The van der Waals surface area contributed by atoms with Gasteiger partial charge in [0.15, 0.2) is 0 Å². The largest absolute Gasteiger partial charge is 0.344 e. The maximum Gasteiger partial charge on any atom is 0.225 e. The quantitative estimate of drug-likeness (QED) is 0.900. The van der Waals surface area contributed by atoms with Crippen molar-refractivity contribution in [3.8, 4) is 0 Å². The average molecular weight is 287 g/mol. The second kappa shape index (κ2) is 6.15. The van der Waals surface area contributed by atoms with Gasteiger partial charge in [-0.2, -0.15) is 0 Å². The van der Waals surface area contributed by atoms with Gasteiger partial charge in [0, 0.05) is 32.0 Å². The molecule has 0 fully saturated rings. The molecule has 0 amide bonds. The third-order valence-corrected chi connectivity index (χ3v) is 3.01. The van der Waals surface area contributed by atoms with Crippen LogP contribution in [0.15, 0.2) is 16.9 Å². The Morgan fingerprint density at radius 3 is 2.44 bits per heavy atom. The molecule has 1 rings (SSSR count). The molecule has 16 heavy (non-hydrogen) atoms. The Balaban J connectivity index is 2.46. The van der Waals surface area contributed by atoms with Crippen molar-refractivity contribution in [2.45, 2.75) is 26.3 Å². The first kappa shape index (κ1) is 13.4. The van der Waals surface area contributed by atoms with E-state index in [4.69, 9.17) is 5.73 Å². The monoisotopic (exact) mass is 286 g/mol. The second-order valence-corrected chi connectivity index (χ2v) is 5.24. The van der Waals surface area contributed by atoms with Crippen LogP contribution in [0.3, 0.4) is 0 Å². The maximum absolute atomic E-state index is 5.99. The van der Waals surface area contributed by atoms with Crippen LogP contribution in [0.25, 0.3) is 0 Å². The standard InChI is InChI=1S/C11H19BrN4/c1-8(2)10(13)4-5-16(3)11-14-6-9(12)7-15-11/h6-8,10H,4-5,13H2,1-3H3. The summed E-state index contributed by atoms with van der Waals surface area (Å²) in [5.74, 6) is 1.25. The Kier molecular flexibility index (Phi) is 5.15. The zero-order chi connectivity index (χ0) is 12.1. The summed E-state index contributed by atoms with van der Waals surface area (Å²) in [6.07, 6.45) is 4.45. The zero-order valence-electron chi connectivity index (χ0n) is 10.0. The van der Waals surface area contributed by atoms with Crippen molar-refractivity contribution < 1.29 is 0 Å². The van der Waals surface area contributed by atoms with E-state index in [9.17, 15) is 0 Å². The van der Waals surface area contributed by atoms with Crippen LogP contribution in [0.2, 0.25) is 0 Å². The first-order chi connectivity index (χ1) is 7.50. The normalized spacial score (nSPS) is 12.9. The highest BCUT2D eigenvalue weighted by Gasteiger charge is 2.10. The first-order valence-electron chi connectivity index (χ1n) is 5.45. The number of anilines is 1. The molecule has 1 aromatic rings. The Morgan fingerprint density at radius 2 is 1.94 bits per heavy atom. The van der Waals surface area contributed by atoms with E-state index in [2.05, 4.69) is 39.7 Å². The lowest BCUT2D eigenvalue weighted by Crippen LogP contribution is -2.32. The van der Waals surface area contributed by atoms with E-state index < -0.39 is 0 Å². The molecule has 5 heteroatoms. The van der Waals surface area contributed by atoms with E-state index in [0.29, 0.717) is 5.92 Å². The van der Waals surface area contributed by atoms with Crippen molar-refractivity contribution in [3.63, 3.8) is 0 Å². The summed E-state index contributed by atoms with van der Waals surface area (Å²) in [6, 6.07) is 0.234. The number of halogens is 1. The van der Waals surface area contributed by atoms with E-state index >= 15 is 0 Å². The van der Waals surface area contributed by atoms with Gasteiger partial charge in [-0.1, -0.05) is 13.8 Å². The van der Waals surface area contributed by atoms with E-state index in [1.165, 1.54) is 0 Å². The number of nitrogens with zero attached hydrogens (tertiary/aromatic N) is 3. The van der Waals surface area contributed by atoms with Gasteiger partial charge in [-0.05, 0) is 28.3 Å². The third-order valence-electron chi connectivity index (χ3n) is 2.60. The van der Waals surface area contributed by atoms with Gasteiger partial charge in [0.25, 0.3) is 0 Å². The second-order valence-electron chi connectivity index (χ2n) is 4.32. The van der Waals surface area contributed by atoms with E-state index in [-0.39, 0.29) is 6.04 Å². The van der Waals surface area contributed by atoms with Gasteiger partial charge in [-0.15, -0.1) is 0 Å². The number of nitrogens with two attached hydrogens (primary N) is 1. The van der Waals surface area contributed by atoms with Crippen LogP contribution in [0, 0.1) is 5.92 Å². The minimum Gasteiger partial charge on any atom is -0.344 e. The summed E-state index contributed by atoms with van der Waals surface area (Å²) >= 11 is 3.31. The van der Waals surface area contributed by atoms with Crippen molar-refractivity contribution in [1.82, 2.24) is 9.97 Å². The molecule has 0 aliphatic heterocycles. The van der Waals surface area contributed by atoms with Gasteiger partial charge in [-0.3, -0.25) is 0 Å². The zero-order valence-corrected chi connectivity index (χ0v) is 11.6. The molecule has 90 valence electrons. The van der Waals surface area contributed by atoms with Crippen LogP contribution in [0.4, 0.5) is 5.95 Å². The Labute approximate surface area is 105 Å². The van der Waals surface area contributed by atoms with Crippen LogP contribution >= 0.6 is 15.9 Å². The molecule has 1 aromatic heterocycles. The minimum absolute atomic E-state index is 0.234. The van der Waals surface area contributed by atoms with Gasteiger partial charge in [0.1, 0.15) is 0 Å². The Bertz CT molecular complexity index is 312. The highest BCUT2D eigenvalue weighted by molar-refractivity contribution is 9.10. The van der Waals surface area contributed by atoms with Gasteiger partial charge in [0.2, 0.25) is 5.95 Å². The average Bonchev–Trinajstić information content (AvgIpc) is 2.26. The van der Waals surface area contributed by atoms with Crippen molar-refractivity contribution in [2.75, 3.05) is 18.5 Å². The van der Waals surface area contributed by atoms with Crippen LogP contribution in [-0.4, -0.2) is 29.6 Å². The maximum atomic E-state index is 5.99. The van der Waals surface area contributed by atoms with Crippen LogP contribution in [0.5, 0.6) is 0 Å². The molecule has 0 aliphatic carbocycles. The number of aromatic nitrogens is 2. The number of hydrogen-bond acceptors (Lipinski definition) is 4. The fourth-order valence-electron chi connectivity index (χ4n) is 1.28. The summed E-state index contributed by atoms with van der Waals surface area (Å²) in [7, 11) is 1.98. The predicted octanol–water partition coefficient (Wildman–Crippen LogP) is 2.05. The molecular weight excluding hydrogens is 268 g/mol. The highest BCUT2D eigenvalue weighted by Crippen LogP contribution is 2.11. The first-order valence-corrected chi connectivity index (χ1v) is 6.24.